The van der Waals surface area contributed by atoms with Crippen LogP contribution in [0.2, 0.25) is 0 Å². The van der Waals surface area contributed by atoms with Crippen LogP contribution in [-0.4, -0.2) is 46.8 Å². The van der Waals surface area contributed by atoms with Crippen molar-refractivity contribution in [3.63, 3.8) is 0 Å². The minimum Gasteiger partial charge on any atom is -0.454 e. The molecule has 1 aromatic heterocycles. The molecule has 0 N–H and O–H groups in total. The summed E-state index contributed by atoms with van der Waals surface area (Å²) in [6.45, 7) is 51.6. The zero-order valence-electron chi connectivity index (χ0n) is 67.0. The van der Waals surface area contributed by atoms with Crippen molar-refractivity contribution in [1.82, 2.24) is 0 Å². The lowest BCUT2D eigenvalue weighted by atomic mass is 9.67. The smallest absolute Gasteiger partial charge is 0.158 e. The monoisotopic (exact) mass is 1370 g/mol. The van der Waals surface area contributed by atoms with Crippen LogP contribution in [0, 0.1) is 50.9 Å². The molecule has 16 rings (SSSR count). The first-order chi connectivity index (χ1) is 48.2. The zero-order valence-corrected chi connectivity index (χ0v) is 67.0. The third-order valence-electron chi connectivity index (χ3n) is 27.1. The van der Waals surface area contributed by atoms with E-state index in [2.05, 4.69) is 353 Å². The van der Waals surface area contributed by atoms with Gasteiger partial charge in [-0.25, -0.2) is 0 Å². The van der Waals surface area contributed by atoms with Crippen LogP contribution in [-0.2, 0) is 10.8 Å². The Balaban J connectivity index is 0.000000121. The molecule has 6 heterocycles. The number of fused-ring (bicyclic) bond motifs is 6. The topological polar surface area (TPSA) is 29.3 Å². The standard InChI is InChI=1S/C22H27NO.C21H25N.C19H29N.C18H21N.C16H25N/c1-14-11-12-17-16-9-7-8-10-18(16)24-20(17)19(14)23-15(2)21(3,4)13-22(23,5)6;1-16-10-4-6-12-19(16)22-17(2)21(14-8-3-9-15-21)18-11-5-7-13-20(18)22;1-15-10-6-7-11-17(15)20-16(2)19(14-18(20,3)4)12-8-5-9-13-19;1-13-9-5-7-11-16(13)19-14(2)18(3,4)15-10-6-8-12-17(15)19;1-12-9-7-8-10-14(12)17-13(2)15(3,4)11-16(17,5)6/h7-12,15H,13H2,1-6H3;4-7,10-13,17H,3,8-9,14-15H2,1-2H3;6-7,10-11,16H,5,8-9,12-14H2,1-4H3;5-12,14H,1-4H3;7-10,13H,11H2,1-6H3. The minimum atomic E-state index is 0.112. The Morgan fingerprint density at radius 3 is 1.18 bits per heavy atom. The Hall–Kier alpha value is -7.44. The summed E-state index contributed by atoms with van der Waals surface area (Å²) in [5.74, 6) is 0. The molecule has 6 heteroatoms. The number of benzene rings is 8. The number of rotatable bonds is 5. The lowest BCUT2D eigenvalue weighted by Gasteiger charge is -2.41. The number of hydrogen-bond acceptors (Lipinski definition) is 6. The number of aryl methyl sites for hydroxylation is 5. The Bertz CT molecular complexity index is 4410. The van der Waals surface area contributed by atoms with E-state index >= 15 is 0 Å². The van der Waals surface area contributed by atoms with Gasteiger partial charge in [-0.15, -0.1) is 0 Å². The summed E-state index contributed by atoms with van der Waals surface area (Å²) in [7, 11) is 0. The van der Waals surface area contributed by atoms with Crippen LogP contribution in [0.1, 0.15) is 240 Å². The molecule has 3 saturated heterocycles. The maximum absolute atomic E-state index is 6.34. The summed E-state index contributed by atoms with van der Waals surface area (Å²) in [4.78, 5) is 13.0. The van der Waals surface area contributed by atoms with Gasteiger partial charge < -0.3 is 28.9 Å². The van der Waals surface area contributed by atoms with E-state index in [0.717, 1.165) is 11.2 Å². The van der Waals surface area contributed by atoms with Crippen molar-refractivity contribution in [2.45, 2.75) is 293 Å². The van der Waals surface area contributed by atoms with Crippen LogP contribution in [0.5, 0.6) is 0 Å². The summed E-state index contributed by atoms with van der Waals surface area (Å²) in [6.07, 6.45) is 17.8. The molecule has 542 valence electrons. The van der Waals surface area contributed by atoms with Crippen molar-refractivity contribution in [2.75, 3.05) is 24.5 Å². The normalized spacial score (nSPS) is 23.9. The van der Waals surface area contributed by atoms with E-state index in [9.17, 15) is 0 Å². The first-order valence-corrected chi connectivity index (χ1v) is 39.5. The molecule has 8 aromatic carbocycles. The minimum absolute atomic E-state index is 0.112. The molecule has 0 amide bonds. The van der Waals surface area contributed by atoms with Gasteiger partial charge in [-0.05, 0) is 253 Å². The maximum atomic E-state index is 6.34. The zero-order chi connectivity index (χ0) is 73.3. The fraction of sp³-hybridized carbons (Fsp3) is 0.500. The van der Waals surface area contributed by atoms with E-state index in [4.69, 9.17) is 4.42 Å². The Labute approximate surface area is 617 Å². The number of nitrogens with zero attached hydrogens (tertiary/aromatic N) is 5. The Morgan fingerprint density at radius 1 is 0.314 bits per heavy atom. The summed E-state index contributed by atoms with van der Waals surface area (Å²) < 4.78 is 6.34. The van der Waals surface area contributed by atoms with Crippen LogP contribution in [0.3, 0.4) is 0 Å². The average molecular weight is 1370 g/mol. The van der Waals surface area contributed by atoms with Gasteiger partial charge in [-0.3, -0.25) is 0 Å². The molecule has 0 radical (unpaired) electrons. The van der Waals surface area contributed by atoms with E-state index < -0.39 is 0 Å². The highest BCUT2D eigenvalue weighted by atomic mass is 16.3. The highest BCUT2D eigenvalue weighted by Crippen LogP contribution is 2.59. The summed E-state index contributed by atoms with van der Waals surface area (Å²) in [5, 5.41) is 2.43. The van der Waals surface area contributed by atoms with Crippen LogP contribution >= 0.6 is 0 Å². The van der Waals surface area contributed by atoms with Crippen LogP contribution in [0.25, 0.3) is 21.9 Å². The molecule has 2 aliphatic carbocycles. The van der Waals surface area contributed by atoms with Crippen molar-refractivity contribution in [1.29, 1.82) is 0 Å². The lowest BCUT2D eigenvalue weighted by molar-refractivity contribution is 0.170. The van der Waals surface area contributed by atoms with E-state index in [1.54, 1.807) is 5.56 Å². The molecule has 5 aliphatic heterocycles. The average Bonchev–Trinajstić information content (AvgIpc) is 1.62. The summed E-state index contributed by atoms with van der Waals surface area (Å²) in [5.41, 5.74) is 23.9. The predicted molar refractivity (Wildman–Crippen MR) is 442 cm³/mol. The first kappa shape index (κ1) is 74.3. The fourth-order valence-electron chi connectivity index (χ4n) is 21.6. The molecule has 6 nitrogen and oxygen atoms in total. The highest BCUT2D eigenvalue weighted by Gasteiger charge is 2.55. The molecule has 102 heavy (non-hydrogen) atoms. The number of anilines is 7. The van der Waals surface area contributed by atoms with Gasteiger partial charge >= 0.3 is 0 Å². The summed E-state index contributed by atoms with van der Waals surface area (Å²) >= 11 is 0. The molecule has 2 spiro atoms. The Morgan fingerprint density at radius 2 is 0.696 bits per heavy atom. The van der Waals surface area contributed by atoms with Gasteiger partial charge in [0.1, 0.15) is 5.58 Å². The van der Waals surface area contributed by atoms with Crippen LogP contribution in [0.15, 0.2) is 186 Å². The number of furan rings is 1. The second-order valence-electron chi connectivity index (χ2n) is 36.4. The second kappa shape index (κ2) is 28.2. The van der Waals surface area contributed by atoms with Gasteiger partial charge in [-0.1, -0.05) is 220 Å². The maximum Gasteiger partial charge on any atom is 0.158 e. The summed E-state index contributed by atoms with van der Waals surface area (Å²) in [6, 6.07) is 68.6. The SMILES string of the molecule is Cc1ccc2c(oc3ccccc32)c1N1C(C)C(C)(C)CC1(C)C.Cc1ccccc1N1C(C)C(C)(C)CC1(C)C.Cc1ccccc1N1C(C)C2(CCCCC2)CC1(C)C.Cc1ccccc1N1c2ccccc2C(C)(C)C1C.Cc1ccccc1N1c2ccccc2C2(CCCCC2)C1C. The number of para-hydroxylation sites is 7. The predicted octanol–water partition coefficient (Wildman–Crippen LogP) is 26.6. The van der Waals surface area contributed by atoms with Crippen molar-refractivity contribution in [2.24, 2.45) is 16.2 Å². The van der Waals surface area contributed by atoms with Gasteiger partial charge in [0.25, 0.3) is 0 Å². The van der Waals surface area contributed by atoms with Crippen molar-refractivity contribution in [3.8, 4) is 0 Å². The molecule has 7 aliphatic rings. The van der Waals surface area contributed by atoms with Gasteiger partial charge in [0.2, 0.25) is 0 Å². The molecule has 0 bridgehead atoms. The van der Waals surface area contributed by atoms with Gasteiger partial charge in [0.05, 0.1) is 5.69 Å². The molecule has 5 fully saturated rings. The van der Waals surface area contributed by atoms with E-state index in [0.29, 0.717) is 46.5 Å². The molecule has 2 saturated carbocycles. The van der Waals surface area contributed by atoms with Crippen molar-refractivity contribution < 1.29 is 4.42 Å². The van der Waals surface area contributed by atoms with Gasteiger partial charge in [0.15, 0.2) is 5.58 Å². The highest BCUT2D eigenvalue weighted by molar-refractivity contribution is 6.09. The first-order valence-electron chi connectivity index (χ1n) is 39.5. The Kier molecular flexibility index (Phi) is 20.5. The van der Waals surface area contributed by atoms with Crippen LogP contribution < -0.4 is 24.5 Å². The van der Waals surface area contributed by atoms with Gasteiger partial charge in [-0.2, -0.15) is 0 Å². The largest absolute Gasteiger partial charge is 0.454 e. The molecule has 5 atom stereocenters. The van der Waals surface area contributed by atoms with E-state index in [-0.39, 0.29) is 27.4 Å². The fourth-order valence-corrected chi connectivity index (χ4v) is 21.6. The molecule has 5 unspecified atom stereocenters. The van der Waals surface area contributed by atoms with E-state index in [1.165, 1.54) is 167 Å². The third kappa shape index (κ3) is 13.4. The molecular formula is C96H127N5O. The van der Waals surface area contributed by atoms with Crippen molar-refractivity contribution in [3.05, 3.63) is 221 Å². The quantitative estimate of drug-likeness (QED) is 0.171. The van der Waals surface area contributed by atoms with Crippen molar-refractivity contribution >= 4 is 61.8 Å². The van der Waals surface area contributed by atoms with Gasteiger partial charge in [0, 0.05) is 103 Å². The number of hydrogen-bond donors (Lipinski definition) is 0. The van der Waals surface area contributed by atoms with Crippen LogP contribution in [0.4, 0.5) is 39.8 Å². The van der Waals surface area contributed by atoms with E-state index in [1.807, 2.05) is 6.07 Å². The lowest BCUT2D eigenvalue weighted by Crippen LogP contribution is -2.44. The molecular weight excluding hydrogens is 1240 g/mol. The molecule has 9 aromatic rings. The third-order valence-corrected chi connectivity index (χ3v) is 27.1. The second-order valence-corrected chi connectivity index (χ2v) is 36.4.